The van der Waals surface area contributed by atoms with Crippen LogP contribution in [0.4, 0.5) is 0 Å². The topological polar surface area (TPSA) is 66.9 Å². The number of sulfonamides is 1. The molecule has 0 N–H and O–H groups in total. The van der Waals surface area contributed by atoms with Gasteiger partial charge in [-0.2, -0.15) is 4.31 Å². The number of hydrogen-bond acceptors (Lipinski definition) is 4. The number of piperazine rings is 1. The second kappa shape index (κ2) is 8.63. The maximum Gasteiger partial charge on any atom is 0.260 e. The van der Waals surface area contributed by atoms with Crippen LogP contribution in [0.25, 0.3) is 10.8 Å². The van der Waals surface area contributed by atoms with Crippen molar-refractivity contribution >= 4 is 38.3 Å². The zero-order valence-corrected chi connectivity index (χ0v) is 17.8. The number of rotatable bonds is 5. The van der Waals surface area contributed by atoms with Gasteiger partial charge in [0.25, 0.3) is 5.91 Å². The Balaban J connectivity index is 1.36. The van der Waals surface area contributed by atoms with E-state index in [1.807, 2.05) is 42.5 Å². The minimum atomic E-state index is -3.60. The summed E-state index contributed by atoms with van der Waals surface area (Å²) in [5, 5.41) is 2.48. The highest BCUT2D eigenvalue weighted by molar-refractivity contribution is 7.89. The van der Waals surface area contributed by atoms with Gasteiger partial charge in [0, 0.05) is 36.6 Å². The lowest BCUT2D eigenvalue weighted by Gasteiger charge is -2.34. The van der Waals surface area contributed by atoms with Crippen LogP contribution < -0.4 is 4.74 Å². The van der Waals surface area contributed by atoms with Crippen LogP contribution in [0.5, 0.6) is 5.75 Å². The smallest absolute Gasteiger partial charge is 0.260 e. The van der Waals surface area contributed by atoms with E-state index in [-0.39, 0.29) is 30.5 Å². The Morgan fingerprint density at radius 2 is 1.57 bits per heavy atom. The molecule has 3 aromatic carbocycles. The van der Waals surface area contributed by atoms with Gasteiger partial charge in [-0.05, 0) is 35.7 Å². The molecule has 0 saturated carbocycles. The fourth-order valence-electron chi connectivity index (χ4n) is 3.49. The van der Waals surface area contributed by atoms with Crippen LogP contribution in [-0.2, 0) is 14.8 Å². The molecule has 4 rings (SSSR count). The zero-order chi connectivity index (χ0) is 21.1. The van der Waals surface area contributed by atoms with E-state index in [4.69, 9.17) is 16.3 Å². The van der Waals surface area contributed by atoms with E-state index in [1.165, 1.54) is 16.4 Å². The van der Waals surface area contributed by atoms with Crippen molar-refractivity contribution in [1.82, 2.24) is 9.21 Å². The van der Waals surface area contributed by atoms with Crippen molar-refractivity contribution in [3.8, 4) is 5.75 Å². The first-order valence-electron chi connectivity index (χ1n) is 9.59. The highest BCUT2D eigenvalue weighted by Crippen LogP contribution is 2.25. The van der Waals surface area contributed by atoms with Crippen molar-refractivity contribution in [3.63, 3.8) is 0 Å². The third-order valence-electron chi connectivity index (χ3n) is 5.14. The summed E-state index contributed by atoms with van der Waals surface area (Å²) in [6, 6.07) is 19.6. The van der Waals surface area contributed by atoms with E-state index in [1.54, 1.807) is 17.0 Å². The molecule has 30 heavy (non-hydrogen) atoms. The SMILES string of the molecule is O=C(COc1cccc2ccccc12)N1CCN(S(=O)(=O)c2ccc(Cl)cc2)CC1. The summed E-state index contributed by atoms with van der Waals surface area (Å²) in [5.41, 5.74) is 0. The van der Waals surface area contributed by atoms with Gasteiger partial charge in [-0.1, -0.05) is 48.0 Å². The first kappa shape index (κ1) is 20.7. The predicted molar refractivity (Wildman–Crippen MR) is 116 cm³/mol. The maximum absolute atomic E-state index is 12.8. The van der Waals surface area contributed by atoms with E-state index in [0.29, 0.717) is 23.9 Å². The molecule has 1 aliphatic heterocycles. The molecule has 6 nitrogen and oxygen atoms in total. The predicted octanol–water partition coefficient (Wildman–Crippen LogP) is 3.41. The number of benzene rings is 3. The normalized spacial score (nSPS) is 15.3. The molecule has 0 radical (unpaired) electrons. The molecule has 1 heterocycles. The Morgan fingerprint density at radius 1 is 0.900 bits per heavy atom. The molecule has 0 aromatic heterocycles. The van der Waals surface area contributed by atoms with Crippen LogP contribution in [0.1, 0.15) is 0 Å². The fraction of sp³-hybridized carbons (Fsp3) is 0.227. The summed E-state index contributed by atoms with van der Waals surface area (Å²) in [4.78, 5) is 14.4. The fourth-order valence-corrected chi connectivity index (χ4v) is 5.03. The quantitative estimate of drug-likeness (QED) is 0.605. The van der Waals surface area contributed by atoms with Crippen molar-refractivity contribution in [2.45, 2.75) is 4.90 Å². The minimum absolute atomic E-state index is 0.0854. The summed E-state index contributed by atoms with van der Waals surface area (Å²) in [6.07, 6.45) is 0. The van der Waals surface area contributed by atoms with Crippen LogP contribution >= 0.6 is 11.6 Å². The molecule has 0 atom stereocenters. The second-order valence-electron chi connectivity index (χ2n) is 7.00. The number of nitrogens with zero attached hydrogens (tertiary/aromatic N) is 2. The van der Waals surface area contributed by atoms with Crippen molar-refractivity contribution in [2.24, 2.45) is 0 Å². The van der Waals surface area contributed by atoms with Crippen LogP contribution in [0.3, 0.4) is 0 Å². The average Bonchev–Trinajstić information content (AvgIpc) is 2.78. The number of carbonyl (C=O) groups excluding carboxylic acids is 1. The summed E-state index contributed by atoms with van der Waals surface area (Å²) in [7, 11) is -3.60. The van der Waals surface area contributed by atoms with Crippen LogP contribution in [0.15, 0.2) is 71.6 Å². The molecule has 0 bridgehead atoms. The van der Waals surface area contributed by atoms with Crippen LogP contribution in [0, 0.1) is 0 Å². The summed E-state index contributed by atoms with van der Waals surface area (Å²) < 4.78 is 32.7. The van der Waals surface area contributed by atoms with E-state index < -0.39 is 10.0 Å². The summed E-state index contributed by atoms with van der Waals surface area (Å²) >= 11 is 5.84. The maximum atomic E-state index is 12.8. The van der Waals surface area contributed by atoms with Gasteiger partial charge in [0.15, 0.2) is 6.61 Å². The molecule has 156 valence electrons. The first-order chi connectivity index (χ1) is 14.4. The standard InChI is InChI=1S/C22H21ClN2O4S/c23-18-8-10-19(11-9-18)30(27,28)25-14-12-24(13-15-25)22(26)16-29-21-7-3-5-17-4-1-2-6-20(17)21/h1-11H,12-16H2. The molecule has 3 aromatic rings. The number of halogens is 1. The lowest BCUT2D eigenvalue weighted by atomic mass is 10.1. The van der Waals surface area contributed by atoms with Crippen LogP contribution in [0.2, 0.25) is 5.02 Å². The zero-order valence-electron chi connectivity index (χ0n) is 16.2. The van der Waals surface area contributed by atoms with Gasteiger partial charge >= 0.3 is 0 Å². The molecule has 1 amide bonds. The number of carbonyl (C=O) groups is 1. The molecule has 1 fully saturated rings. The summed E-state index contributed by atoms with van der Waals surface area (Å²) in [5.74, 6) is 0.497. The molecular weight excluding hydrogens is 424 g/mol. The van der Waals surface area contributed by atoms with Gasteiger partial charge in [0.2, 0.25) is 10.0 Å². The van der Waals surface area contributed by atoms with Crippen molar-refractivity contribution in [3.05, 3.63) is 71.8 Å². The van der Waals surface area contributed by atoms with Gasteiger partial charge in [-0.3, -0.25) is 4.79 Å². The third kappa shape index (κ3) is 4.28. The largest absolute Gasteiger partial charge is 0.483 e. The van der Waals surface area contributed by atoms with Gasteiger partial charge in [-0.25, -0.2) is 8.42 Å². The number of fused-ring (bicyclic) bond motifs is 1. The summed E-state index contributed by atoms with van der Waals surface area (Å²) in [6.45, 7) is 1.04. The van der Waals surface area contributed by atoms with Crippen molar-refractivity contribution in [2.75, 3.05) is 32.8 Å². The number of hydrogen-bond donors (Lipinski definition) is 0. The minimum Gasteiger partial charge on any atom is -0.483 e. The van der Waals surface area contributed by atoms with E-state index in [9.17, 15) is 13.2 Å². The molecule has 0 spiro atoms. The Hall–Kier alpha value is -2.61. The number of ether oxygens (including phenoxy) is 1. The monoisotopic (exact) mass is 444 g/mol. The van der Waals surface area contributed by atoms with Crippen molar-refractivity contribution < 1.29 is 17.9 Å². The molecule has 8 heteroatoms. The molecule has 0 unspecified atom stereocenters. The lowest BCUT2D eigenvalue weighted by molar-refractivity contribution is -0.134. The molecule has 1 aliphatic rings. The van der Waals surface area contributed by atoms with Gasteiger partial charge in [0.1, 0.15) is 5.75 Å². The van der Waals surface area contributed by atoms with Crippen molar-refractivity contribution in [1.29, 1.82) is 0 Å². The van der Waals surface area contributed by atoms with Gasteiger partial charge < -0.3 is 9.64 Å². The Bertz CT molecular complexity index is 1150. The highest BCUT2D eigenvalue weighted by atomic mass is 35.5. The van der Waals surface area contributed by atoms with E-state index in [2.05, 4.69) is 0 Å². The first-order valence-corrected chi connectivity index (χ1v) is 11.4. The van der Waals surface area contributed by atoms with Crippen LogP contribution in [-0.4, -0.2) is 56.3 Å². The lowest BCUT2D eigenvalue weighted by Crippen LogP contribution is -2.51. The molecular formula is C22H21ClN2O4S. The van der Waals surface area contributed by atoms with Gasteiger partial charge in [0.05, 0.1) is 4.90 Å². The average molecular weight is 445 g/mol. The highest BCUT2D eigenvalue weighted by Gasteiger charge is 2.30. The van der Waals surface area contributed by atoms with E-state index in [0.717, 1.165) is 10.8 Å². The molecule has 1 saturated heterocycles. The van der Waals surface area contributed by atoms with E-state index >= 15 is 0 Å². The Labute approximate surface area is 180 Å². The Kier molecular flexibility index (Phi) is 5.94. The Morgan fingerprint density at radius 3 is 2.30 bits per heavy atom. The second-order valence-corrected chi connectivity index (χ2v) is 9.38. The molecule has 0 aliphatic carbocycles. The number of amides is 1. The third-order valence-corrected chi connectivity index (χ3v) is 7.31. The van der Waals surface area contributed by atoms with Gasteiger partial charge in [-0.15, -0.1) is 0 Å².